The molecule has 0 atom stereocenters. The molecule has 3 rings (SSSR count). The third kappa shape index (κ3) is 5.80. The van der Waals surface area contributed by atoms with Gasteiger partial charge in [-0.2, -0.15) is 4.31 Å². The van der Waals surface area contributed by atoms with E-state index in [1.165, 1.54) is 23.6 Å². The first-order chi connectivity index (χ1) is 13.7. The van der Waals surface area contributed by atoms with E-state index in [4.69, 9.17) is 0 Å². The number of nitrogens with zero attached hydrogens (tertiary/aromatic N) is 2. The molecule has 2 fully saturated rings. The van der Waals surface area contributed by atoms with Crippen molar-refractivity contribution in [2.75, 3.05) is 32.7 Å². The molecule has 0 spiro atoms. The van der Waals surface area contributed by atoms with E-state index in [1.807, 2.05) is 17.0 Å². The SMILES string of the molecule is CC(C)(C)c1ccc(S(=O)(=O)N2CCN(CC(=O)NC3CCCCC3)CC2)cc1. The molecule has 1 saturated heterocycles. The summed E-state index contributed by atoms with van der Waals surface area (Å²) in [5, 5.41) is 3.14. The molecule has 2 aliphatic rings. The van der Waals surface area contributed by atoms with Crippen LogP contribution in [0.5, 0.6) is 0 Å². The van der Waals surface area contributed by atoms with Gasteiger partial charge in [0, 0.05) is 32.2 Å². The van der Waals surface area contributed by atoms with Crippen LogP contribution in [-0.4, -0.2) is 62.3 Å². The minimum absolute atomic E-state index is 0.00782. The second kappa shape index (κ2) is 9.14. The molecule has 0 radical (unpaired) electrons. The highest BCUT2D eigenvalue weighted by Gasteiger charge is 2.29. The second-order valence-electron chi connectivity index (χ2n) is 9.36. The summed E-state index contributed by atoms with van der Waals surface area (Å²) in [6, 6.07) is 7.53. The van der Waals surface area contributed by atoms with Crippen LogP contribution in [0.4, 0.5) is 0 Å². The van der Waals surface area contributed by atoms with E-state index in [2.05, 4.69) is 26.1 Å². The number of rotatable bonds is 5. The van der Waals surface area contributed by atoms with Crippen molar-refractivity contribution in [1.29, 1.82) is 0 Å². The Morgan fingerprint density at radius 2 is 1.59 bits per heavy atom. The maximum Gasteiger partial charge on any atom is 0.243 e. The van der Waals surface area contributed by atoms with Crippen molar-refractivity contribution in [3.8, 4) is 0 Å². The van der Waals surface area contributed by atoms with E-state index in [0.717, 1.165) is 18.4 Å². The lowest BCUT2D eigenvalue weighted by molar-refractivity contribution is -0.123. The smallest absolute Gasteiger partial charge is 0.243 e. The van der Waals surface area contributed by atoms with Crippen molar-refractivity contribution in [2.45, 2.75) is 69.2 Å². The fourth-order valence-corrected chi connectivity index (χ4v) is 5.55. The summed E-state index contributed by atoms with van der Waals surface area (Å²) < 4.78 is 27.5. The van der Waals surface area contributed by atoms with Crippen molar-refractivity contribution in [2.24, 2.45) is 0 Å². The standard InChI is InChI=1S/C22H35N3O3S/c1-22(2,3)18-9-11-20(12-10-18)29(27,28)25-15-13-24(14-16-25)17-21(26)23-19-7-5-4-6-8-19/h9-12,19H,4-8,13-17H2,1-3H3,(H,23,26). The Labute approximate surface area is 175 Å². The maximum absolute atomic E-state index is 13.0. The van der Waals surface area contributed by atoms with Gasteiger partial charge in [-0.25, -0.2) is 8.42 Å². The molecule has 0 bridgehead atoms. The molecule has 1 aromatic carbocycles. The third-order valence-corrected chi connectivity index (χ3v) is 7.94. The molecule has 162 valence electrons. The zero-order chi connectivity index (χ0) is 21.1. The van der Waals surface area contributed by atoms with Crippen molar-refractivity contribution in [3.05, 3.63) is 29.8 Å². The fraction of sp³-hybridized carbons (Fsp3) is 0.682. The number of hydrogen-bond acceptors (Lipinski definition) is 4. The monoisotopic (exact) mass is 421 g/mol. The predicted octanol–water partition coefficient (Wildman–Crippen LogP) is 2.74. The van der Waals surface area contributed by atoms with Crippen molar-refractivity contribution in [3.63, 3.8) is 0 Å². The molecule has 1 heterocycles. The average Bonchev–Trinajstić information content (AvgIpc) is 2.68. The highest BCUT2D eigenvalue weighted by molar-refractivity contribution is 7.89. The van der Waals surface area contributed by atoms with Gasteiger partial charge >= 0.3 is 0 Å². The van der Waals surface area contributed by atoms with E-state index in [9.17, 15) is 13.2 Å². The van der Waals surface area contributed by atoms with Crippen LogP contribution in [0.1, 0.15) is 58.4 Å². The number of sulfonamides is 1. The minimum atomic E-state index is -3.49. The number of carbonyl (C=O) groups is 1. The molecule has 0 aromatic heterocycles. The Kier molecular flexibility index (Phi) is 7.02. The Bertz CT molecular complexity index is 786. The van der Waals surface area contributed by atoms with Gasteiger partial charge in [0.25, 0.3) is 0 Å². The molecule has 1 aliphatic carbocycles. The van der Waals surface area contributed by atoms with Crippen LogP contribution in [0.3, 0.4) is 0 Å². The summed E-state index contributed by atoms with van der Waals surface area (Å²) >= 11 is 0. The summed E-state index contributed by atoms with van der Waals surface area (Å²) in [7, 11) is -3.49. The summed E-state index contributed by atoms with van der Waals surface area (Å²) in [5.74, 6) is 0.0611. The van der Waals surface area contributed by atoms with E-state index < -0.39 is 10.0 Å². The third-order valence-electron chi connectivity index (χ3n) is 6.03. The van der Waals surface area contributed by atoms with Gasteiger partial charge in [-0.05, 0) is 36.0 Å². The van der Waals surface area contributed by atoms with Crippen LogP contribution in [0, 0.1) is 0 Å². The van der Waals surface area contributed by atoms with Crippen LogP contribution in [0.25, 0.3) is 0 Å². The highest BCUT2D eigenvalue weighted by atomic mass is 32.2. The molecule has 0 unspecified atom stereocenters. The van der Waals surface area contributed by atoms with E-state index in [1.54, 1.807) is 12.1 Å². The lowest BCUT2D eigenvalue weighted by Crippen LogP contribution is -2.51. The van der Waals surface area contributed by atoms with Crippen LogP contribution in [0.2, 0.25) is 0 Å². The molecule has 1 saturated carbocycles. The van der Waals surface area contributed by atoms with Crippen molar-refractivity contribution >= 4 is 15.9 Å². The Hall–Kier alpha value is -1.44. The zero-order valence-electron chi connectivity index (χ0n) is 18.0. The average molecular weight is 422 g/mol. The van der Waals surface area contributed by atoms with E-state index in [-0.39, 0.29) is 11.3 Å². The van der Waals surface area contributed by atoms with Gasteiger partial charge in [0.1, 0.15) is 0 Å². The molecular weight excluding hydrogens is 386 g/mol. The molecule has 1 aliphatic heterocycles. The van der Waals surface area contributed by atoms with Gasteiger partial charge in [0.05, 0.1) is 11.4 Å². The lowest BCUT2D eigenvalue weighted by atomic mass is 9.87. The summed E-state index contributed by atoms with van der Waals surface area (Å²) in [6.45, 7) is 8.68. The summed E-state index contributed by atoms with van der Waals surface area (Å²) in [6.07, 6.45) is 5.80. The topological polar surface area (TPSA) is 69.7 Å². The second-order valence-corrected chi connectivity index (χ2v) is 11.3. The number of nitrogens with one attached hydrogen (secondary N) is 1. The number of hydrogen-bond donors (Lipinski definition) is 1. The Morgan fingerprint density at radius 1 is 1.00 bits per heavy atom. The largest absolute Gasteiger partial charge is 0.352 e. The number of piperazine rings is 1. The van der Waals surface area contributed by atoms with Crippen molar-refractivity contribution < 1.29 is 13.2 Å². The van der Waals surface area contributed by atoms with Crippen LogP contribution >= 0.6 is 0 Å². The zero-order valence-corrected chi connectivity index (χ0v) is 18.8. The Balaban J connectivity index is 1.52. The Morgan fingerprint density at radius 3 is 2.14 bits per heavy atom. The normalized spacial score (nSPS) is 20.5. The first kappa shape index (κ1) is 22.2. The minimum Gasteiger partial charge on any atom is -0.352 e. The quantitative estimate of drug-likeness (QED) is 0.794. The van der Waals surface area contributed by atoms with Crippen LogP contribution in [0.15, 0.2) is 29.2 Å². The lowest BCUT2D eigenvalue weighted by Gasteiger charge is -2.34. The molecule has 1 N–H and O–H groups in total. The van der Waals surface area contributed by atoms with Gasteiger partial charge < -0.3 is 5.32 Å². The molecule has 29 heavy (non-hydrogen) atoms. The molecule has 1 amide bonds. The molecule has 6 nitrogen and oxygen atoms in total. The first-order valence-corrected chi connectivity index (χ1v) is 12.2. The van der Waals surface area contributed by atoms with Crippen LogP contribution in [-0.2, 0) is 20.2 Å². The van der Waals surface area contributed by atoms with Gasteiger partial charge in [-0.15, -0.1) is 0 Å². The first-order valence-electron chi connectivity index (χ1n) is 10.8. The van der Waals surface area contributed by atoms with Gasteiger partial charge in [-0.3, -0.25) is 9.69 Å². The number of amides is 1. The van der Waals surface area contributed by atoms with Gasteiger partial charge in [0.2, 0.25) is 15.9 Å². The fourth-order valence-electron chi connectivity index (χ4n) is 4.13. The maximum atomic E-state index is 13.0. The van der Waals surface area contributed by atoms with Crippen molar-refractivity contribution in [1.82, 2.24) is 14.5 Å². The summed E-state index contributed by atoms with van der Waals surface area (Å²) in [4.78, 5) is 14.7. The van der Waals surface area contributed by atoms with Crippen LogP contribution < -0.4 is 5.32 Å². The molecular formula is C22H35N3O3S. The summed E-state index contributed by atoms with van der Waals surface area (Å²) in [5.41, 5.74) is 1.11. The predicted molar refractivity (Wildman–Crippen MR) is 115 cm³/mol. The number of benzene rings is 1. The van der Waals surface area contributed by atoms with Gasteiger partial charge in [-0.1, -0.05) is 52.2 Å². The van der Waals surface area contributed by atoms with E-state index >= 15 is 0 Å². The van der Waals surface area contributed by atoms with E-state index in [0.29, 0.717) is 43.7 Å². The molecule has 1 aromatic rings. The highest BCUT2D eigenvalue weighted by Crippen LogP contribution is 2.25. The molecule has 7 heteroatoms. The van der Waals surface area contributed by atoms with Gasteiger partial charge in [0.15, 0.2) is 0 Å². The number of carbonyl (C=O) groups excluding carboxylic acids is 1.